The van der Waals surface area contributed by atoms with Crippen LogP contribution in [0.25, 0.3) is 10.2 Å². The van der Waals surface area contributed by atoms with Crippen LogP contribution >= 0.6 is 11.3 Å². The van der Waals surface area contributed by atoms with Gasteiger partial charge in [0.05, 0.1) is 38.0 Å². The lowest BCUT2D eigenvalue weighted by Gasteiger charge is -2.13. The predicted octanol–water partition coefficient (Wildman–Crippen LogP) is 2.44. The number of ether oxygens (including phenoxy) is 3. The summed E-state index contributed by atoms with van der Waals surface area (Å²) in [4.78, 5) is 13.1. The first kappa shape index (κ1) is 18.8. The number of methoxy groups -OCH3 is 3. The van der Waals surface area contributed by atoms with E-state index in [1.165, 1.54) is 32.7 Å². The number of nitrogens with zero attached hydrogens (tertiary/aromatic N) is 2. The molecule has 1 amide bonds. The van der Waals surface area contributed by atoms with Crippen LogP contribution in [0, 0.1) is 0 Å². The molecule has 0 atom stereocenters. The lowest BCUT2D eigenvalue weighted by Crippen LogP contribution is -2.24. The average molecular weight is 387 g/mol. The van der Waals surface area contributed by atoms with E-state index in [1.807, 2.05) is 35.9 Å². The van der Waals surface area contributed by atoms with E-state index in [1.54, 1.807) is 12.1 Å². The molecule has 0 aliphatic rings. The van der Waals surface area contributed by atoms with Crippen LogP contribution in [0.4, 0.5) is 0 Å². The van der Waals surface area contributed by atoms with Gasteiger partial charge in [-0.25, -0.2) is 5.43 Å². The van der Waals surface area contributed by atoms with Crippen molar-refractivity contribution in [2.75, 3.05) is 21.3 Å². The van der Waals surface area contributed by atoms with Gasteiger partial charge in [-0.3, -0.25) is 4.79 Å². The van der Waals surface area contributed by atoms with Crippen LogP contribution < -0.4 is 24.4 Å². The monoisotopic (exact) mass is 387 g/mol. The molecule has 27 heavy (non-hydrogen) atoms. The summed E-state index contributed by atoms with van der Waals surface area (Å²) in [5.41, 5.74) is 4.42. The van der Waals surface area contributed by atoms with Crippen molar-refractivity contribution in [2.45, 2.75) is 6.42 Å². The molecule has 3 aromatic rings. The highest BCUT2D eigenvalue weighted by atomic mass is 32.1. The van der Waals surface area contributed by atoms with Gasteiger partial charge < -0.3 is 18.8 Å². The van der Waals surface area contributed by atoms with Gasteiger partial charge in [0, 0.05) is 7.05 Å². The van der Waals surface area contributed by atoms with Crippen molar-refractivity contribution in [3.05, 3.63) is 46.8 Å². The molecule has 0 fully saturated rings. The molecule has 7 nitrogen and oxygen atoms in total. The average Bonchev–Trinajstić information content (AvgIpc) is 3.01. The second-order valence-corrected chi connectivity index (χ2v) is 6.78. The van der Waals surface area contributed by atoms with Crippen LogP contribution in [0.3, 0.4) is 0 Å². The lowest BCUT2D eigenvalue weighted by molar-refractivity contribution is -0.120. The molecule has 3 rings (SSSR count). The third-order valence-electron chi connectivity index (χ3n) is 4.08. The maximum absolute atomic E-state index is 12.3. The van der Waals surface area contributed by atoms with Crippen molar-refractivity contribution >= 4 is 27.5 Å². The number of amides is 1. The molecule has 2 aromatic carbocycles. The Morgan fingerprint density at radius 1 is 1.11 bits per heavy atom. The van der Waals surface area contributed by atoms with Crippen molar-refractivity contribution in [2.24, 2.45) is 12.1 Å². The van der Waals surface area contributed by atoms with Crippen molar-refractivity contribution < 1.29 is 19.0 Å². The number of hydrogen-bond acceptors (Lipinski definition) is 6. The molecule has 0 spiro atoms. The molecule has 1 N–H and O–H groups in total. The van der Waals surface area contributed by atoms with Crippen LogP contribution in [-0.2, 0) is 18.3 Å². The first-order valence-electron chi connectivity index (χ1n) is 8.23. The lowest BCUT2D eigenvalue weighted by atomic mass is 10.1. The third kappa shape index (κ3) is 3.90. The van der Waals surface area contributed by atoms with Gasteiger partial charge in [-0.1, -0.05) is 23.5 Å². The Bertz CT molecular complexity index is 1010. The normalized spacial score (nSPS) is 11.5. The van der Waals surface area contributed by atoms with Gasteiger partial charge in [0.25, 0.3) is 0 Å². The molecule has 0 saturated carbocycles. The Morgan fingerprint density at radius 2 is 1.78 bits per heavy atom. The van der Waals surface area contributed by atoms with Crippen LogP contribution in [0.1, 0.15) is 5.56 Å². The Morgan fingerprint density at radius 3 is 2.37 bits per heavy atom. The summed E-state index contributed by atoms with van der Waals surface area (Å²) in [6, 6.07) is 11.5. The maximum atomic E-state index is 12.3. The number of carbonyl (C=O) groups excluding carboxylic acids is 1. The number of thiazole rings is 1. The predicted molar refractivity (Wildman–Crippen MR) is 104 cm³/mol. The molecule has 142 valence electrons. The Labute approximate surface area is 160 Å². The molecule has 0 aliphatic carbocycles. The fourth-order valence-electron chi connectivity index (χ4n) is 2.76. The van der Waals surface area contributed by atoms with E-state index < -0.39 is 0 Å². The number of fused-ring (bicyclic) bond motifs is 1. The van der Waals surface area contributed by atoms with Crippen molar-refractivity contribution in [3.63, 3.8) is 0 Å². The molecular weight excluding hydrogens is 366 g/mol. The van der Waals surface area contributed by atoms with Crippen molar-refractivity contribution in [1.82, 2.24) is 9.99 Å². The van der Waals surface area contributed by atoms with E-state index in [4.69, 9.17) is 14.2 Å². The third-order valence-corrected chi connectivity index (χ3v) is 5.19. The molecule has 1 aromatic heterocycles. The summed E-state index contributed by atoms with van der Waals surface area (Å²) < 4.78 is 19.0. The van der Waals surface area contributed by atoms with Crippen LogP contribution in [0.2, 0.25) is 0 Å². The fourth-order valence-corrected chi connectivity index (χ4v) is 3.74. The van der Waals surface area contributed by atoms with Crippen molar-refractivity contribution in [1.29, 1.82) is 0 Å². The van der Waals surface area contributed by atoms with Crippen LogP contribution in [0.5, 0.6) is 17.2 Å². The van der Waals surface area contributed by atoms with E-state index in [0.717, 1.165) is 20.6 Å². The smallest absolute Gasteiger partial charge is 0.244 e. The van der Waals surface area contributed by atoms with Gasteiger partial charge in [0.1, 0.15) is 0 Å². The maximum Gasteiger partial charge on any atom is 0.244 e. The van der Waals surface area contributed by atoms with E-state index in [0.29, 0.717) is 17.2 Å². The van der Waals surface area contributed by atoms with E-state index in [2.05, 4.69) is 10.5 Å². The number of aromatic nitrogens is 1. The highest BCUT2D eigenvalue weighted by Crippen LogP contribution is 2.38. The molecule has 0 bridgehead atoms. The summed E-state index contributed by atoms with van der Waals surface area (Å²) >= 11 is 1.51. The zero-order chi connectivity index (χ0) is 19.4. The number of aryl methyl sites for hydroxylation is 1. The molecule has 0 unspecified atom stereocenters. The first-order chi connectivity index (χ1) is 13.1. The second kappa shape index (κ2) is 8.13. The van der Waals surface area contributed by atoms with E-state index in [-0.39, 0.29) is 12.3 Å². The summed E-state index contributed by atoms with van der Waals surface area (Å²) in [6.45, 7) is 0. The summed E-state index contributed by atoms with van der Waals surface area (Å²) in [5, 5.41) is 4.25. The van der Waals surface area contributed by atoms with E-state index >= 15 is 0 Å². The Hall–Kier alpha value is -3.00. The number of hydrogen-bond donors (Lipinski definition) is 1. The number of nitrogens with one attached hydrogen (secondary N) is 1. The van der Waals surface area contributed by atoms with Gasteiger partial charge in [-0.15, -0.1) is 5.10 Å². The minimum atomic E-state index is -0.235. The van der Waals surface area contributed by atoms with Crippen LogP contribution in [-0.4, -0.2) is 31.8 Å². The highest BCUT2D eigenvalue weighted by Gasteiger charge is 2.14. The standard InChI is InChI=1S/C19H21N3O4S/c1-22-13-7-5-6-8-16(13)27-19(22)21-20-17(23)11-12-9-14(24-2)18(26-4)15(10-12)25-3/h5-10H,11H2,1-4H3,(H,20,23)/b21-19+. The SMILES string of the molecule is COc1cc(CC(=O)N/N=c2/sc3ccccc3n2C)cc(OC)c1OC. The number of carbonyl (C=O) groups is 1. The zero-order valence-corrected chi connectivity index (χ0v) is 16.4. The first-order valence-corrected chi connectivity index (χ1v) is 9.05. The topological polar surface area (TPSA) is 74.1 Å². The van der Waals surface area contributed by atoms with Crippen LogP contribution in [0.15, 0.2) is 41.5 Å². The number of rotatable bonds is 6. The molecule has 0 saturated heterocycles. The quantitative estimate of drug-likeness (QED) is 0.660. The van der Waals surface area contributed by atoms with Gasteiger partial charge in [-0.05, 0) is 29.8 Å². The molecule has 0 aliphatic heterocycles. The minimum absolute atomic E-state index is 0.134. The van der Waals surface area contributed by atoms with Gasteiger partial charge in [0.15, 0.2) is 11.5 Å². The number of benzene rings is 2. The zero-order valence-electron chi connectivity index (χ0n) is 15.6. The number of para-hydroxylation sites is 1. The van der Waals surface area contributed by atoms with Gasteiger partial charge in [-0.2, -0.15) is 0 Å². The molecule has 8 heteroatoms. The largest absolute Gasteiger partial charge is 0.493 e. The molecular formula is C19H21N3O4S. The summed E-state index contributed by atoms with van der Waals surface area (Å²) in [6.07, 6.45) is 0.134. The minimum Gasteiger partial charge on any atom is -0.493 e. The van der Waals surface area contributed by atoms with E-state index in [9.17, 15) is 4.79 Å². The molecule has 0 radical (unpaired) electrons. The van der Waals surface area contributed by atoms with Crippen molar-refractivity contribution in [3.8, 4) is 17.2 Å². The Balaban J connectivity index is 1.80. The van der Waals surface area contributed by atoms with Gasteiger partial charge in [0.2, 0.25) is 16.5 Å². The summed E-state index contributed by atoms with van der Waals surface area (Å²) in [7, 11) is 6.54. The molecule has 1 heterocycles. The highest BCUT2D eigenvalue weighted by molar-refractivity contribution is 7.16. The fraction of sp³-hybridized carbons (Fsp3) is 0.263. The van der Waals surface area contributed by atoms with Gasteiger partial charge >= 0.3 is 0 Å². The Kier molecular flexibility index (Phi) is 5.66. The second-order valence-electron chi connectivity index (χ2n) is 5.77. The summed E-state index contributed by atoms with van der Waals surface area (Å²) in [5.74, 6) is 1.27.